The van der Waals surface area contributed by atoms with Gasteiger partial charge < -0.3 is 5.32 Å². The van der Waals surface area contributed by atoms with Crippen LogP contribution in [0.3, 0.4) is 0 Å². The lowest BCUT2D eigenvalue weighted by Gasteiger charge is -2.01. The van der Waals surface area contributed by atoms with Gasteiger partial charge in [0.25, 0.3) is 0 Å². The van der Waals surface area contributed by atoms with Crippen LogP contribution in [0.4, 0.5) is 10.1 Å². The second-order valence-electron chi connectivity index (χ2n) is 3.75. The third kappa shape index (κ3) is 3.75. The zero-order valence-electron chi connectivity index (χ0n) is 10.6. The number of benzene rings is 1. The summed E-state index contributed by atoms with van der Waals surface area (Å²) in [6, 6.07) is 6.13. The molecule has 0 unspecified atom stereocenters. The van der Waals surface area contributed by atoms with Crippen molar-refractivity contribution in [2.24, 2.45) is 0 Å². The molecule has 1 N–H and O–H groups in total. The lowest BCUT2D eigenvalue weighted by molar-refractivity contribution is 0.628. The molecular weight excluding hydrogens is 263 g/mol. The van der Waals surface area contributed by atoms with Gasteiger partial charge in [-0.15, -0.1) is 5.10 Å². The minimum atomic E-state index is -0.255. The Bertz CT molecular complexity index is 584. The summed E-state index contributed by atoms with van der Waals surface area (Å²) in [4.78, 5) is 4.34. The molecule has 1 heterocycles. The van der Waals surface area contributed by atoms with Crippen LogP contribution in [0.1, 0.15) is 11.4 Å². The first-order valence-corrected chi connectivity index (χ1v) is 6.85. The van der Waals surface area contributed by atoms with Crippen LogP contribution in [0.15, 0.2) is 35.6 Å². The highest BCUT2D eigenvalue weighted by atomic mass is 32.2. The summed E-state index contributed by atoms with van der Waals surface area (Å²) in [5, 5.41) is 11.6. The number of hydrogen-bond acceptors (Lipinski definition) is 5. The van der Waals surface area contributed by atoms with Crippen molar-refractivity contribution < 1.29 is 4.39 Å². The van der Waals surface area contributed by atoms with E-state index in [9.17, 15) is 4.39 Å². The van der Waals surface area contributed by atoms with Gasteiger partial charge in [-0.3, -0.25) is 0 Å². The molecule has 19 heavy (non-hydrogen) atoms. The van der Waals surface area contributed by atoms with Crippen molar-refractivity contribution in [3.05, 3.63) is 47.7 Å². The highest BCUT2D eigenvalue weighted by Gasteiger charge is 2.01. The van der Waals surface area contributed by atoms with Crippen molar-refractivity contribution in [3.63, 3.8) is 0 Å². The normalized spacial score (nSPS) is 10.9. The minimum absolute atomic E-state index is 0.255. The molecule has 0 aliphatic rings. The number of aryl methyl sites for hydroxylation is 1. The highest BCUT2D eigenvalue weighted by molar-refractivity contribution is 7.98. The van der Waals surface area contributed by atoms with Crippen LogP contribution in [0.2, 0.25) is 0 Å². The summed E-state index contributed by atoms with van der Waals surface area (Å²) >= 11 is 1.44. The predicted molar refractivity (Wildman–Crippen MR) is 75.4 cm³/mol. The third-order valence-electron chi connectivity index (χ3n) is 2.39. The monoisotopic (exact) mass is 276 g/mol. The number of rotatable bonds is 4. The smallest absolute Gasteiger partial charge is 0.209 e. The number of anilines is 1. The average molecular weight is 276 g/mol. The molecule has 0 aliphatic heterocycles. The number of aromatic nitrogens is 3. The molecule has 98 valence electrons. The van der Waals surface area contributed by atoms with E-state index >= 15 is 0 Å². The summed E-state index contributed by atoms with van der Waals surface area (Å²) < 4.78 is 12.7. The van der Waals surface area contributed by atoms with Gasteiger partial charge in [0, 0.05) is 11.9 Å². The van der Waals surface area contributed by atoms with Crippen LogP contribution in [-0.4, -0.2) is 21.4 Å². The fourth-order valence-electron chi connectivity index (χ4n) is 1.38. The summed E-state index contributed by atoms with van der Waals surface area (Å²) in [6.07, 6.45) is 5.46. The van der Waals surface area contributed by atoms with Crippen LogP contribution >= 0.6 is 11.8 Å². The SMILES string of the molecule is CSc1nnc(C)c(C=CNc2ccc(F)cc2)n1. The minimum Gasteiger partial charge on any atom is -0.362 e. The second-order valence-corrected chi connectivity index (χ2v) is 4.53. The molecule has 4 nitrogen and oxygen atoms in total. The van der Waals surface area contributed by atoms with Gasteiger partial charge in [-0.2, -0.15) is 5.10 Å². The number of thioether (sulfide) groups is 1. The summed E-state index contributed by atoms with van der Waals surface area (Å²) in [6.45, 7) is 1.85. The zero-order valence-corrected chi connectivity index (χ0v) is 11.4. The third-order valence-corrected chi connectivity index (χ3v) is 2.93. The standard InChI is InChI=1S/C13H13FN4S/c1-9-12(16-13(19-2)18-17-9)7-8-15-11-5-3-10(14)4-6-11/h3-8,15H,1-2H3. The van der Waals surface area contributed by atoms with E-state index in [0.29, 0.717) is 5.16 Å². The Hall–Kier alpha value is -1.95. The molecule has 0 amide bonds. The van der Waals surface area contributed by atoms with Gasteiger partial charge in [0.1, 0.15) is 5.82 Å². The Morgan fingerprint density at radius 3 is 2.63 bits per heavy atom. The second kappa shape index (κ2) is 6.29. The molecule has 0 aliphatic carbocycles. The Morgan fingerprint density at radius 1 is 1.21 bits per heavy atom. The van der Waals surface area contributed by atoms with E-state index in [2.05, 4.69) is 20.5 Å². The molecule has 0 spiro atoms. The highest BCUT2D eigenvalue weighted by Crippen LogP contribution is 2.12. The van der Waals surface area contributed by atoms with E-state index in [0.717, 1.165) is 17.1 Å². The van der Waals surface area contributed by atoms with Gasteiger partial charge in [0.15, 0.2) is 0 Å². The Balaban J connectivity index is 2.08. The average Bonchev–Trinajstić information content (AvgIpc) is 2.43. The van der Waals surface area contributed by atoms with Crippen LogP contribution < -0.4 is 5.32 Å². The van der Waals surface area contributed by atoms with E-state index in [-0.39, 0.29) is 5.82 Å². The first-order chi connectivity index (χ1) is 9.19. The molecule has 0 bridgehead atoms. The molecule has 0 fully saturated rings. The lowest BCUT2D eigenvalue weighted by Crippen LogP contribution is -1.98. The van der Waals surface area contributed by atoms with Gasteiger partial charge in [0.2, 0.25) is 5.16 Å². The maximum atomic E-state index is 12.7. The molecule has 0 atom stereocenters. The van der Waals surface area contributed by atoms with E-state index in [1.807, 2.05) is 19.3 Å². The van der Waals surface area contributed by atoms with E-state index in [1.54, 1.807) is 18.3 Å². The van der Waals surface area contributed by atoms with Crippen molar-refractivity contribution in [2.45, 2.75) is 12.1 Å². The molecule has 0 radical (unpaired) electrons. The van der Waals surface area contributed by atoms with Gasteiger partial charge in [-0.1, -0.05) is 11.8 Å². The van der Waals surface area contributed by atoms with Gasteiger partial charge in [-0.25, -0.2) is 9.37 Å². The first-order valence-electron chi connectivity index (χ1n) is 5.63. The fraction of sp³-hybridized carbons (Fsp3) is 0.154. The molecule has 0 saturated carbocycles. The summed E-state index contributed by atoms with van der Waals surface area (Å²) in [7, 11) is 0. The molecule has 6 heteroatoms. The predicted octanol–water partition coefficient (Wildman–Crippen LogP) is 3.12. The Labute approximate surface area is 115 Å². The fourth-order valence-corrected chi connectivity index (χ4v) is 1.69. The van der Waals surface area contributed by atoms with Crippen LogP contribution in [0.25, 0.3) is 6.08 Å². The molecule has 0 saturated heterocycles. The van der Waals surface area contributed by atoms with Gasteiger partial charge in [0.05, 0.1) is 11.4 Å². The molecule has 1 aromatic carbocycles. The number of hydrogen-bond donors (Lipinski definition) is 1. The number of halogens is 1. The van der Waals surface area contributed by atoms with Gasteiger partial charge >= 0.3 is 0 Å². The summed E-state index contributed by atoms with van der Waals surface area (Å²) in [5.74, 6) is -0.255. The Kier molecular flexibility index (Phi) is 4.46. The van der Waals surface area contributed by atoms with Crippen LogP contribution in [0.5, 0.6) is 0 Å². The van der Waals surface area contributed by atoms with Crippen molar-refractivity contribution in [3.8, 4) is 0 Å². The van der Waals surface area contributed by atoms with E-state index in [1.165, 1.54) is 23.9 Å². The lowest BCUT2D eigenvalue weighted by atomic mass is 10.3. The number of nitrogens with zero attached hydrogens (tertiary/aromatic N) is 3. The maximum absolute atomic E-state index is 12.7. The van der Waals surface area contributed by atoms with E-state index < -0.39 is 0 Å². The first kappa shape index (κ1) is 13.5. The van der Waals surface area contributed by atoms with Gasteiger partial charge in [-0.05, 0) is 43.5 Å². The van der Waals surface area contributed by atoms with Crippen molar-refractivity contribution in [1.29, 1.82) is 0 Å². The van der Waals surface area contributed by atoms with Crippen LogP contribution in [0, 0.1) is 12.7 Å². The van der Waals surface area contributed by atoms with Crippen LogP contribution in [-0.2, 0) is 0 Å². The molecule has 2 aromatic rings. The Morgan fingerprint density at radius 2 is 1.95 bits per heavy atom. The zero-order chi connectivity index (χ0) is 13.7. The summed E-state index contributed by atoms with van der Waals surface area (Å²) in [5.41, 5.74) is 2.33. The topological polar surface area (TPSA) is 50.7 Å². The molecular formula is C13H13FN4S. The largest absolute Gasteiger partial charge is 0.362 e. The van der Waals surface area contributed by atoms with Crippen molar-refractivity contribution >= 4 is 23.5 Å². The molecule has 1 aromatic heterocycles. The maximum Gasteiger partial charge on any atom is 0.209 e. The quantitative estimate of drug-likeness (QED) is 0.869. The molecule has 2 rings (SSSR count). The van der Waals surface area contributed by atoms with Crippen molar-refractivity contribution in [1.82, 2.24) is 15.2 Å². The van der Waals surface area contributed by atoms with Crippen molar-refractivity contribution in [2.75, 3.05) is 11.6 Å². The van der Waals surface area contributed by atoms with E-state index in [4.69, 9.17) is 0 Å². The number of nitrogens with one attached hydrogen (secondary N) is 1.